The molecule has 2 aliphatic rings. The van der Waals surface area contributed by atoms with Crippen molar-refractivity contribution in [2.45, 2.75) is 30.1 Å². The highest BCUT2D eigenvalue weighted by atomic mass is 32.2. The predicted octanol–water partition coefficient (Wildman–Crippen LogP) is 2.05. The Labute approximate surface area is 132 Å². The van der Waals surface area contributed by atoms with E-state index >= 15 is 0 Å². The first-order valence-electron chi connectivity index (χ1n) is 7.36. The molecule has 0 atom stereocenters. The lowest BCUT2D eigenvalue weighted by molar-refractivity contribution is -0.274. The van der Waals surface area contributed by atoms with Crippen LogP contribution in [0.4, 0.5) is 13.2 Å². The van der Waals surface area contributed by atoms with E-state index in [9.17, 15) is 21.6 Å². The first-order valence-corrected chi connectivity index (χ1v) is 8.80. The van der Waals surface area contributed by atoms with Gasteiger partial charge in [-0.2, -0.15) is 4.31 Å². The second-order valence-corrected chi connectivity index (χ2v) is 7.68. The minimum Gasteiger partial charge on any atom is -0.406 e. The lowest BCUT2D eigenvalue weighted by atomic mass is 10.1. The van der Waals surface area contributed by atoms with Gasteiger partial charge < -0.3 is 4.74 Å². The van der Waals surface area contributed by atoms with Crippen LogP contribution in [0, 0.1) is 0 Å². The second-order valence-electron chi connectivity index (χ2n) is 5.74. The summed E-state index contributed by atoms with van der Waals surface area (Å²) in [7, 11) is -3.66. The van der Waals surface area contributed by atoms with Crippen molar-refractivity contribution in [1.29, 1.82) is 0 Å². The monoisotopic (exact) mass is 350 g/mol. The molecule has 2 saturated heterocycles. The van der Waals surface area contributed by atoms with Gasteiger partial charge in [0, 0.05) is 19.1 Å². The van der Waals surface area contributed by atoms with E-state index in [0.717, 1.165) is 50.2 Å². The quantitative estimate of drug-likeness (QED) is 0.834. The van der Waals surface area contributed by atoms with Crippen molar-refractivity contribution in [3.8, 4) is 5.75 Å². The number of ether oxygens (including phenoxy) is 1. The summed E-state index contributed by atoms with van der Waals surface area (Å²) in [6, 6.07) is 4.55. The highest BCUT2D eigenvalue weighted by molar-refractivity contribution is 7.89. The van der Waals surface area contributed by atoms with Gasteiger partial charge in [-0.15, -0.1) is 13.2 Å². The van der Waals surface area contributed by atoms with Gasteiger partial charge in [0.1, 0.15) is 5.75 Å². The highest BCUT2D eigenvalue weighted by Gasteiger charge is 2.40. The molecule has 1 aromatic carbocycles. The summed E-state index contributed by atoms with van der Waals surface area (Å²) in [6.45, 7) is 2.87. The Balaban J connectivity index is 1.64. The molecule has 0 bridgehead atoms. The molecule has 0 N–H and O–H groups in total. The summed E-state index contributed by atoms with van der Waals surface area (Å²) in [6.07, 6.45) is -2.51. The molecule has 2 fully saturated rings. The van der Waals surface area contributed by atoms with Crippen LogP contribution in [0.25, 0.3) is 0 Å². The van der Waals surface area contributed by atoms with Gasteiger partial charge in [-0.25, -0.2) is 8.42 Å². The van der Waals surface area contributed by atoms with Crippen LogP contribution in [0.1, 0.15) is 12.8 Å². The average molecular weight is 350 g/mol. The molecular formula is C14H17F3N2O3S. The van der Waals surface area contributed by atoms with Gasteiger partial charge in [-0.05, 0) is 50.2 Å². The van der Waals surface area contributed by atoms with Crippen LogP contribution < -0.4 is 4.74 Å². The van der Waals surface area contributed by atoms with Crippen molar-refractivity contribution >= 4 is 10.0 Å². The molecule has 23 heavy (non-hydrogen) atoms. The van der Waals surface area contributed by atoms with E-state index in [2.05, 4.69) is 9.64 Å². The van der Waals surface area contributed by atoms with Crippen LogP contribution in [0.5, 0.6) is 5.75 Å². The zero-order valence-corrected chi connectivity index (χ0v) is 13.1. The molecule has 0 radical (unpaired) electrons. The van der Waals surface area contributed by atoms with Crippen LogP contribution >= 0.6 is 0 Å². The van der Waals surface area contributed by atoms with Crippen LogP contribution in [-0.2, 0) is 10.0 Å². The summed E-state index contributed by atoms with van der Waals surface area (Å²) in [5.41, 5.74) is 0. The minimum absolute atomic E-state index is 0.0214. The molecule has 9 heteroatoms. The number of sulfonamides is 1. The number of nitrogens with zero attached hydrogens (tertiary/aromatic N) is 2. The molecule has 2 aliphatic heterocycles. The van der Waals surface area contributed by atoms with E-state index in [0.29, 0.717) is 13.1 Å². The lowest BCUT2D eigenvalue weighted by Gasteiger charge is -2.42. The van der Waals surface area contributed by atoms with Crippen molar-refractivity contribution in [1.82, 2.24) is 9.21 Å². The van der Waals surface area contributed by atoms with E-state index in [1.54, 1.807) is 0 Å². The summed E-state index contributed by atoms with van der Waals surface area (Å²) < 4.78 is 66.2. The van der Waals surface area contributed by atoms with Crippen LogP contribution in [0.3, 0.4) is 0 Å². The van der Waals surface area contributed by atoms with Crippen molar-refractivity contribution in [3.63, 3.8) is 0 Å². The number of hydrogen-bond acceptors (Lipinski definition) is 4. The van der Waals surface area contributed by atoms with Gasteiger partial charge in [0.2, 0.25) is 10.0 Å². The van der Waals surface area contributed by atoms with Crippen LogP contribution in [0.2, 0.25) is 0 Å². The Morgan fingerprint density at radius 2 is 1.61 bits per heavy atom. The van der Waals surface area contributed by atoms with E-state index in [4.69, 9.17) is 0 Å². The zero-order valence-electron chi connectivity index (χ0n) is 12.3. The van der Waals surface area contributed by atoms with E-state index in [-0.39, 0.29) is 10.9 Å². The molecule has 0 saturated carbocycles. The average Bonchev–Trinajstić information content (AvgIpc) is 2.89. The third-order valence-electron chi connectivity index (χ3n) is 4.18. The number of alkyl halides is 3. The van der Waals surface area contributed by atoms with Gasteiger partial charge in [0.15, 0.2) is 0 Å². The number of hydrogen-bond donors (Lipinski definition) is 0. The molecular weight excluding hydrogens is 333 g/mol. The fraction of sp³-hybridized carbons (Fsp3) is 0.571. The van der Waals surface area contributed by atoms with Gasteiger partial charge in [-0.3, -0.25) is 4.90 Å². The highest BCUT2D eigenvalue weighted by Crippen LogP contribution is 2.28. The third-order valence-corrected chi connectivity index (χ3v) is 6.03. The third kappa shape index (κ3) is 3.61. The second kappa shape index (κ2) is 5.95. The maximum atomic E-state index is 12.4. The van der Waals surface area contributed by atoms with Crippen molar-refractivity contribution in [3.05, 3.63) is 24.3 Å². The Bertz CT molecular complexity index is 649. The van der Waals surface area contributed by atoms with Gasteiger partial charge in [0.25, 0.3) is 0 Å². The molecule has 0 amide bonds. The zero-order chi connectivity index (χ0) is 16.7. The van der Waals surface area contributed by atoms with Gasteiger partial charge in [-0.1, -0.05) is 0 Å². The molecule has 0 aliphatic carbocycles. The van der Waals surface area contributed by atoms with E-state index in [1.807, 2.05) is 0 Å². The molecule has 2 heterocycles. The summed E-state index contributed by atoms with van der Waals surface area (Å²) in [5, 5.41) is 0. The SMILES string of the molecule is O=S(=O)(c1ccc(OC(F)(F)F)cc1)N1CC(N2CCCC2)C1. The number of benzene rings is 1. The molecule has 128 valence electrons. The number of halogens is 3. The number of rotatable bonds is 4. The topological polar surface area (TPSA) is 49.9 Å². The molecule has 0 aromatic heterocycles. The standard InChI is InChI=1S/C14H17F3N2O3S/c15-14(16,17)22-12-3-5-13(6-4-12)23(20,21)19-9-11(10-19)18-7-1-2-8-18/h3-6,11H,1-2,7-10H2. The van der Waals surface area contributed by atoms with E-state index < -0.39 is 22.1 Å². The predicted molar refractivity (Wildman–Crippen MR) is 76.5 cm³/mol. The molecule has 0 unspecified atom stereocenters. The molecule has 1 aromatic rings. The van der Waals surface area contributed by atoms with E-state index in [1.165, 1.54) is 4.31 Å². The first-order chi connectivity index (χ1) is 10.8. The maximum absolute atomic E-state index is 12.4. The Morgan fingerprint density at radius 1 is 1.04 bits per heavy atom. The number of likely N-dealkylation sites (tertiary alicyclic amines) is 1. The van der Waals surface area contributed by atoms with Crippen molar-refractivity contribution in [2.24, 2.45) is 0 Å². The Hall–Kier alpha value is -1.32. The Kier molecular flexibility index (Phi) is 4.28. The fourth-order valence-corrected chi connectivity index (χ4v) is 4.43. The van der Waals surface area contributed by atoms with Gasteiger partial charge in [0.05, 0.1) is 4.90 Å². The molecule has 5 nitrogen and oxygen atoms in total. The minimum atomic E-state index is -4.79. The van der Waals surface area contributed by atoms with Crippen molar-refractivity contribution < 1.29 is 26.3 Å². The van der Waals surface area contributed by atoms with Crippen LogP contribution in [0.15, 0.2) is 29.2 Å². The summed E-state index contributed by atoms with van der Waals surface area (Å²) in [4.78, 5) is 2.26. The summed E-state index contributed by atoms with van der Waals surface area (Å²) >= 11 is 0. The summed E-state index contributed by atoms with van der Waals surface area (Å²) in [5.74, 6) is -0.435. The lowest BCUT2D eigenvalue weighted by Crippen LogP contribution is -2.60. The maximum Gasteiger partial charge on any atom is 0.573 e. The van der Waals surface area contributed by atoms with Crippen molar-refractivity contribution in [2.75, 3.05) is 26.2 Å². The smallest absolute Gasteiger partial charge is 0.406 e. The largest absolute Gasteiger partial charge is 0.573 e. The first kappa shape index (κ1) is 16.5. The van der Waals surface area contributed by atoms with Gasteiger partial charge >= 0.3 is 6.36 Å². The van der Waals surface area contributed by atoms with Crippen LogP contribution in [-0.4, -0.2) is 56.2 Å². The molecule has 3 rings (SSSR count). The Morgan fingerprint density at radius 3 is 2.13 bits per heavy atom. The molecule has 0 spiro atoms. The normalized spacial score (nSPS) is 21.3. The fourth-order valence-electron chi connectivity index (χ4n) is 2.91.